The maximum Gasteiger partial charge on any atom is 0.240 e. The van der Waals surface area contributed by atoms with Gasteiger partial charge in [-0.05, 0) is 24.6 Å². The third-order valence-electron chi connectivity index (χ3n) is 3.78. The van der Waals surface area contributed by atoms with Gasteiger partial charge in [0.2, 0.25) is 22.1 Å². The van der Waals surface area contributed by atoms with Crippen molar-refractivity contribution < 1.29 is 9.21 Å². The normalized spacial score (nSPS) is 11.2. The monoisotopic (exact) mass is 486 g/mol. The number of rotatable bonds is 10. The Bertz CT molecular complexity index is 1190. The van der Waals surface area contributed by atoms with E-state index in [1.165, 1.54) is 34.9 Å². The van der Waals surface area contributed by atoms with Gasteiger partial charge in [-0.25, -0.2) is 10.5 Å². The number of amides is 1. The number of aromatic amines is 1. The number of furan rings is 1. The van der Waals surface area contributed by atoms with E-state index in [0.717, 1.165) is 15.9 Å². The summed E-state index contributed by atoms with van der Waals surface area (Å²) in [6, 6.07) is 13.8. The molecule has 0 radical (unpaired) electrons. The molecule has 3 N–H and O–H groups in total. The van der Waals surface area contributed by atoms with E-state index in [2.05, 4.69) is 53.4 Å². The number of nitrogens with zero attached hydrogens (tertiary/aromatic N) is 5. The number of carbonyl (C=O) groups is 1. The third kappa shape index (κ3) is 6.67. The SMILES string of the molecule is Cc1ccc(/C=N\Nc2nc(SCC(=O)Nc3nnc(SCc4ccccc4)s3)n[nH]2)o1. The highest BCUT2D eigenvalue weighted by atomic mass is 32.2. The molecular formula is C19H18N8O2S3. The van der Waals surface area contributed by atoms with Gasteiger partial charge in [0.25, 0.3) is 0 Å². The van der Waals surface area contributed by atoms with Crippen LogP contribution >= 0.6 is 34.9 Å². The minimum atomic E-state index is -0.212. The number of hydrogen-bond donors (Lipinski definition) is 3. The lowest BCUT2D eigenvalue weighted by Crippen LogP contribution is -2.13. The van der Waals surface area contributed by atoms with E-state index in [4.69, 9.17) is 4.42 Å². The Morgan fingerprint density at radius 1 is 1.22 bits per heavy atom. The van der Waals surface area contributed by atoms with E-state index in [-0.39, 0.29) is 11.7 Å². The highest BCUT2D eigenvalue weighted by molar-refractivity contribution is 8.00. The molecule has 1 aromatic carbocycles. The van der Waals surface area contributed by atoms with Crippen molar-refractivity contribution in [2.45, 2.75) is 22.2 Å². The average Bonchev–Trinajstić information content (AvgIpc) is 3.54. The second-order valence-corrected chi connectivity index (χ2v) is 9.41. The van der Waals surface area contributed by atoms with Crippen molar-refractivity contribution in [3.63, 3.8) is 0 Å². The number of hydrogen-bond acceptors (Lipinski definition) is 11. The van der Waals surface area contributed by atoms with E-state index >= 15 is 0 Å². The fraction of sp³-hybridized carbons (Fsp3) is 0.158. The molecule has 164 valence electrons. The molecule has 0 saturated heterocycles. The number of benzene rings is 1. The van der Waals surface area contributed by atoms with E-state index < -0.39 is 0 Å². The Morgan fingerprint density at radius 2 is 2.09 bits per heavy atom. The molecule has 3 aromatic heterocycles. The molecule has 13 heteroatoms. The molecule has 0 aliphatic carbocycles. The summed E-state index contributed by atoms with van der Waals surface area (Å²) in [5.41, 5.74) is 3.93. The number of aromatic nitrogens is 5. The predicted molar refractivity (Wildman–Crippen MR) is 126 cm³/mol. The molecule has 10 nitrogen and oxygen atoms in total. The van der Waals surface area contributed by atoms with Gasteiger partial charge >= 0.3 is 0 Å². The molecule has 0 aliphatic rings. The molecule has 0 saturated carbocycles. The van der Waals surface area contributed by atoms with Crippen LogP contribution in [-0.2, 0) is 10.5 Å². The van der Waals surface area contributed by atoms with Crippen molar-refractivity contribution in [2.24, 2.45) is 5.10 Å². The number of hydrazone groups is 1. The van der Waals surface area contributed by atoms with Gasteiger partial charge in [-0.2, -0.15) is 10.1 Å². The Hall–Kier alpha value is -3.16. The largest absolute Gasteiger partial charge is 0.460 e. The van der Waals surface area contributed by atoms with E-state index in [1.54, 1.807) is 11.8 Å². The summed E-state index contributed by atoms with van der Waals surface area (Å²) in [6.45, 7) is 1.86. The molecule has 3 heterocycles. The molecule has 0 atom stereocenters. The van der Waals surface area contributed by atoms with Gasteiger partial charge in [-0.15, -0.1) is 15.3 Å². The van der Waals surface area contributed by atoms with Crippen LogP contribution in [0.3, 0.4) is 0 Å². The Kier molecular flexibility index (Phi) is 7.53. The predicted octanol–water partition coefficient (Wildman–Crippen LogP) is 4.03. The van der Waals surface area contributed by atoms with Crippen molar-refractivity contribution in [1.29, 1.82) is 0 Å². The number of H-pyrrole nitrogens is 1. The first-order chi connectivity index (χ1) is 15.6. The van der Waals surface area contributed by atoms with Crippen molar-refractivity contribution in [1.82, 2.24) is 25.4 Å². The van der Waals surface area contributed by atoms with Crippen LogP contribution in [0.2, 0.25) is 0 Å². The summed E-state index contributed by atoms with van der Waals surface area (Å²) in [6.07, 6.45) is 1.53. The van der Waals surface area contributed by atoms with Gasteiger partial charge in [-0.1, -0.05) is 65.2 Å². The van der Waals surface area contributed by atoms with Gasteiger partial charge in [0, 0.05) is 5.75 Å². The van der Waals surface area contributed by atoms with E-state index in [0.29, 0.717) is 22.0 Å². The molecule has 0 bridgehead atoms. The molecule has 0 fully saturated rings. The maximum absolute atomic E-state index is 12.2. The Morgan fingerprint density at radius 3 is 2.91 bits per heavy atom. The van der Waals surface area contributed by atoms with Crippen molar-refractivity contribution in [3.8, 4) is 0 Å². The minimum Gasteiger partial charge on any atom is -0.460 e. The summed E-state index contributed by atoms with van der Waals surface area (Å²) in [4.78, 5) is 16.4. The van der Waals surface area contributed by atoms with Gasteiger partial charge in [-0.3, -0.25) is 10.1 Å². The number of anilines is 2. The molecule has 0 spiro atoms. The zero-order valence-corrected chi connectivity index (χ0v) is 19.3. The van der Waals surface area contributed by atoms with Crippen molar-refractivity contribution in [3.05, 3.63) is 59.5 Å². The number of nitrogens with one attached hydrogen (secondary N) is 3. The molecule has 4 aromatic rings. The molecule has 0 aliphatic heterocycles. The lowest BCUT2D eigenvalue weighted by molar-refractivity contribution is -0.113. The fourth-order valence-electron chi connectivity index (χ4n) is 2.36. The summed E-state index contributed by atoms with van der Waals surface area (Å²) in [7, 11) is 0. The maximum atomic E-state index is 12.2. The number of carbonyl (C=O) groups excluding carboxylic acids is 1. The van der Waals surface area contributed by atoms with Gasteiger partial charge in [0.05, 0.1) is 12.0 Å². The minimum absolute atomic E-state index is 0.137. The third-order valence-corrected chi connectivity index (χ3v) is 6.67. The van der Waals surface area contributed by atoms with Crippen LogP contribution in [-0.4, -0.2) is 43.3 Å². The second kappa shape index (κ2) is 10.9. The molecule has 4 rings (SSSR count). The quantitative estimate of drug-likeness (QED) is 0.131. The lowest BCUT2D eigenvalue weighted by Gasteiger charge is -1.98. The summed E-state index contributed by atoms with van der Waals surface area (Å²) < 4.78 is 6.18. The zero-order valence-electron chi connectivity index (χ0n) is 16.8. The van der Waals surface area contributed by atoms with E-state index in [1.807, 2.05) is 37.3 Å². The first-order valence-electron chi connectivity index (χ1n) is 9.35. The van der Waals surface area contributed by atoms with Crippen LogP contribution in [0.1, 0.15) is 17.1 Å². The smallest absolute Gasteiger partial charge is 0.240 e. The Labute approximate surface area is 195 Å². The standard InChI is InChI=1S/C19H18N8O2S3/c1-12-7-8-14(29-12)9-20-23-16-22-17(25-24-16)30-11-15(28)21-18-26-27-19(32-18)31-10-13-5-3-2-4-6-13/h2-9H,10-11H2,1H3,(H,21,26,28)(H2,22,23,24,25)/b20-9-. The molecule has 32 heavy (non-hydrogen) atoms. The molecule has 0 unspecified atom stereocenters. The van der Waals surface area contributed by atoms with Crippen LogP contribution in [0.15, 0.2) is 61.5 Å². The van der Waals surface area contributed by atoms with Gasteiger partial charge < -0.3 is 4.42 Å². The second-order valence-electron chi connectivity index (χ2n) is 6.27. The van der Waals surface area contributed by atoms with Crippen LogP contribution in [0.4, 0.5) is 11.1 Å². The highest BCUT2D eigenvalue weighted by Crippen LogP contribution is 2.28. The highest BCUT2D eigenvalue weighted by Gasteiger charge is 2.11. The molecule has 1 amide bonds. The van der Waals surface area contributed by atoms with Crippen molar-refractivity contribution in [2.75, 3.05) is 16.5 Å². The fourth-order valence-corrected chi connectivity index (χ4v) is 4.69. The van der Waals surface area contributed by atoms with Crippen LogP contribution in [0, 0.1) is 6.92 Å². The van der Waals surface area contributed by atoms with Crippen LogP contribution in [0.25, 0.3) is 0 Å². The summed E-state index contributed by atoms with van der Waals surface area (Å²) in [5, 5.41) is 22.5. The van der Waals surface area contributed by atoms with Crippen LogP contribution < -0.4 is 10.7 Å². The topological polar surface area (TPSA) is 134 Å². The Balaban J connectivity index is 1.19. The van der Waals surface area contributed by atoms with Gasteiger partial charge in [0.1, 0.15) is 11.5 Å². The van der Waals surface area contributed by atoms with Crippen molar-refractivity contribution >= 4 is 58.1 Å². The van der Waals surface area contributed by atoms with E-state index in [9.17, 15) is 4.79 Å². The average molecular weight is 487 g/mol. The molecular weight excluding hydrogens is 468 g/mol. The summed E-state index contributed by atoms with van der Waals surface area (Å²) in [5.74, 6) is 2.51. The zero-order chi connectivity index (χ0) is 22.2. The first-order valence-corrected chi connectivity index (χ1v) is 12.1. The van der Waals surface area contributed by atoms with Crippen LogP contribution in [0.5, 0.6) is 0 Å². The number of aryl methyl sites for hydroxylation is 1. The number of thioether (sulfide) groups is 2. The lowest BCUT2D eigenvalue weighted by atomic mass is 10.2. The van der Waals surface area contributed by atoms with Gasteiger partial charge in [0.15, 0.2) is 4.34 Å². The summed E-state index contributed by atoms with van der Waals surface area (Å²) >= 11 is 4.12. The first kappa shape index (κ1) is 22.0.